The molecule has 1 aliphatic heterocycles. The third-order valence-corrected chi connectivity index (χ3v) is 8.30. The maximum absolute atomic E-state index is 13.3. The fourth-order valence-electron chi connectivity index (χ4n) is 3.83. The molecule has 2 amide bonds. The molecule has 170 valence electrons. The van der Waals surface area contributed by atoms with E-state index in [1.165, 1.54) is 6.07 Å². The van der Waals surface area contributed by atoms with Crippen LogP contribution in [0.15, 0.2) is 76.1 Å². The Morgan fingerprint density at radius 1 is 1.06 bits per heavy atom. The number of benzene rings is 3. The van der Waals surface area contributed by atoms with Gasteiger partial charge in [0.25, 0.3) is 0 Å². The van der Waals surface area contributed by atoms with Gasteiger partial charge >= 0.3 is 0 Å². The lowest BCUT2D eigenvalue weighted by Gasteiger charge is -2.20. The molecule has 6 nitrogen and oxygen atoms in total. The van der Waals surface area contributed by atoms with Gasteiger partial charge in [-0.1, -0.05) is 46.3 Å². The number of amides is 2. The lowest BCUT2D eigenvalue weighted by molar-refractivity contribution is -0.117. The molecule has 33 heavy (non-hydrogen) atoms. The fraction of sp³-hybridized carbons (Fsp3) is 0.200. The van der Waals surface area contributed by atoms with Crippen molar-refractivity contribution in [1.82, 2.24) is 0 Å². The van der Waals surface area contributed by atoms with E-state index in [1.54, 1.807) is 42.5 Å². The van der Waals surface area contributed by atoms with Gasteiger partial charge in [0.05, 0.1) is 16.6 Å². The molecule has 0 aromatic heterocycles. The number of fused-ring (bicyclic) bond motifs is 1. The number of sulfone groups is 1. The minimum absolute atomic E-state index is 0.0814. The summed E-state index contributed by atoms with van der Waals surface area (Å²) < 4.78 is 27.6. The highest BCUT2D eigenvalue weighted by molar-refractivity contribution is 9.10. The Morgan fingerprint density at radius 2 is 1.82 bits per heavy atom. The molecule has 4 rings (SSSR count). The van der Waals surface area contributed by atoms with Crippen LogP contribution in [0.2, 0.25) is 0 Å². The number of carbonyl (C=O) groups excluding carboxylic acids is 2. The Bertz CT molecular complexity index is 1320. The Hall–Kier alpha value is -2.97. The minimum atomic E-state index is -3.79. The Labute approximate surface area is 201 Å². The van der Waals surface area contributed by atoms with Crippen LogP contribution in [0.25, 0.3) is 0 Å². The van der Waals surface area contributed by atoms with Crippen LogP contribution in [0.5, 0.6) is 0 Å². The van der Waals surface area contributed by atoms with E-state index in [2.05, 4.69) is 26.6 Å². The van der Waals surface area contributed by atoms with Gasteiger partial charge in [0.2, 0.25) is 11.8 Å². The zero-order valence-electron chi connectivity index (χ0n) is 18.0. The predicted molar refractivity (Wildman–Crippen MR) is 132 cm³/mol. The molecular weight excluding hydrogens is 504 g/mol. The zero-order valence-corrected chi connectivity index (χ0v) is 20.4. The number of carbonyl (C=O) groups is 2. The molecule has 0 radical (unpaired) electrons. The Kier molecular flexibility index (Phi) is 6.67. The van der Waals surface area contributed by atoms with E-state index in [0.717, 1.165) is 15.6 Å². The van der Waals surface area contributed by atoms with Crippen LogP contribution in [0.3, 0.4) is 0 Å². The van der Waals surface area contributed by atoms with Crippen LogP contribution in [-0.2, 0) is 25.8 Å². The number of hydrogen-bond acceptors (Lipinski definition) is 4. The maximum Gasteiger partial charge on any atom is 0.232 e. The molecule has 0 saturated carbocycles. The number of anilines is 2. The van der Waals surface area contributed by atoms with Crippen molar-refractivity contribution in [3.8, 4) is 0 Å². The van der Waals surface area contributed by atoms with Gasteiger partial charge in [-0.25, -0.2) is 8.42 Å². The van der Waals surface area contributed by atoms with Crippen LogP contribution in [0.4, 0.5) is 11.4 Å². The van der Waals surface area contributed by atoms with E-state index in [0.29, 0.717) is 29.8 Å². The average Bonchev–Trinajstić information content (AvgIpc) is 2.80. The molecule has 0 spiro atoms. The van der Waals surface area contributed by atoms with Crippen molar-refractivity contribution >= 4 is 49.0 Å². The van der Waals surface area contributed by atoms with E-state index < -0.39 is 21.7 Å². The van der Waals surface area contributed by atoms with Gasteiger partial charge in [-0.2, -0.15) is 0 Å². The van der Waals surface area contributed by atoms with Gasteiger partial charge in [-0.15, -0.1) is 0 Å². The van der Waals surface area contributed by atoms with Gasteiger partial charge in [0.1, 0.15) is 0 Å². The highest BCUT2D eigenvalue weighted by Crippen LogP contribution is 2.29. The molecule has 1 unspecified atom stereocenters. The molecule has 1 atom stereocenters. The molecule has 8 heteroatoms. The van der Waals surface area contributed by atoms with E-state index >= 15 is 0 Å². The summed E-state index contributed by atoms with van der Waals surface area (Å²) in [5.41, 5.74) is 3.59. The molecular formula is C25H23BrN2O4S. The van der Waals surface area contributed by atoms with E-state index in [4.69, 9.17) is 0 Å². The highest BCUT2D eigenvalue weighted by Gasteiger charge is 2.29. The quantitative estimate of drug-likeness (QED) is 0.480. The summed E-state index contributed by atoms with van der Waals surface area (Å²) in [7, 11) is -3.79. The second-order valence-corrected chi connectivity index (χ2v) is 11.0. The fourth-order valence-corrected chi connectivity index (χ4v) is 5.65. The summed E-state index contributed by atoms with van der Waals surface area (Å²) in [5.74, 6) is -1.74. The van der Waals surface area contributed by atoms with Gasteiger partial charge in [-0.05, 0) is 66.4 Å². The van der Waals surface area contributed by atoms with Crippen LogP contribution in [0, 0.1) is 6.92 Å². The van der Waals surface area contributed by atoms with Crippen LogP contribution < -0.4 is 10.6 Å². The summed E-state index contributed by atoms with van der Waals surface area (Å²) in [6, 6.07) is 19.0. The Morgan fingerprint density at radius 3 is 2.55 bits per heavy atom. The number of rotatable bonds is 6. The number of halogens is 1. The van der Waals surface area contributed by atoms with Crippen LogP contribution in [-0.4, -0.2) is 26.0 Å². The predicted octanol–water partition coefficient (Wildman–Crippen LogP) is 4.84. The summed E-state index contributed by atoms with van der Waals surface area (Å²) in [4.78, 5) is 25.0. The van der Waals surface area contributed by atoms with Crippen molar-refractivity contribution in [3.05, 3.63) is 87.9 Å². The van der Waals surface area contributed by atoms with Gasteiger partial charge < -0.3 is 10.6 Å². The lowest BCUT2D eigenvalue weighted by Crippen LogP contribution is -2.28. The third kappa shape index (κ3) is 5.34. The molecule has 1 aliphatic rings. The van der Waals surface area contributed by atoms with Gasteiger partial charge in [-0.3, -0.25) is 9.59 Å². The monoisotopic (exact) mass is 526 g/mol. The topological polar surface area (TPSA) is 92.3 Å². The first-order valence-electron chi connectivity index (χ1n) is 10.5. The standard InChI is InChI=1S/C25H23BrN2O4S/c1-16-13-19(8-10-22(16)26)27-25(30)21(17-5-3-2-4-6-17)15-33(31,32)20-9-11-23-18(14-20)7-12-24(29)28-23/h2-6,8-11,13-14,21H,7,12,15H2,1H3,(H,27,30)(H,28,29). The Balaban J connectivity index is 1.63. The van der Waals surface area contributed by atoms with E-state index in [-0.39, 0.29) is 16.6 Å². The molecule has 3 aromatic rings. The van der Waals surface area contributed by atoms with E-state index in [9.17, 15) is 18.0 Å². The highest BCUT2D eigenvalue weighted by atomic mass is 79.9. The number of aryl methyl sites for hydroxylation is 2. The SMILES string of the molecule is Cc1cc(NC(=O)C(CS(=O)(=O)c2ccc3c(c2)CCC(=O)N3)c2ccccc2)ccc1Br. The first-order valence-corrected chi connectivity index (χ1v) is 12.9. The number of hydrogen-bond donors (Lipinski definition) is 2. The summed E-state index contributed by atoms with van der Waals surface area (Å²) in [6.45, 7) is 1.91. The van der Waals surface area contributed by atoms with Gasteiger partial charge in [0, 0.05) is 22.3 Å². The van der Waals surface area contributed by atoms with Crippen molar-refractivity contribution in [2.24, 2.45) is 0 Å². The molecule has 0 aliphatic carbocycles. The maximum atomic E-state index is 13.3. The summed E-state index contributed by atoms with van der Waals surface area (Å²) in [5, 5.41) is 5.62. The van der Waals surface area contributed by atoms with Gasteiger partial charge in [0.15, 0.2) is 9.84 Å². The van der Waals surface area contributed by atoms with Crippen molar-refractivity contribution in [2.45, 2.75) is 30.6 Å². The third-order valence-electron chi connectivity index (χ3n) is 5.66. The van der Waals surface area contributed by atoms with Crippen LogP contribution >= 0.6 is 15.9 Å². The van der Waals surface area contributed by atoms with Crippen molar-refractivity contribution in [1.29, 1.82) is 0 Å². The molecule has 1 heterocycles. The number of nitrogens with one attached hydrogen (secondary N) is 2. The first kappa shape index (κ1) is 23.2. The van der Waals surface area contributed by atoms with Crippen molar-refractivity contribution in [3.63, 3.8) is 0 Å². The van der Waals surface area contributed by atoms with Crippen LogP contribution in [0.1, 0.15) is 29.0 Å². The molecule has 2 N–H and O–H groups in total. The second kappa shape index (κ2) is 9.49. The van der Waals surface area contributed by atoms with E-state index in [1.807, 2.05) is 25.1 Å². The average molecular weight is 527 g/mol. The summed E-state index contributed by atoms with van der Waals surface area (Å²) in [6.07, 6.45) is 0.800. The molecule has 3 aromatic carbocycles. The zero-order chi connectivity index (χ0) is 23.6. The normalized spacial score (nSPS) is 14.2. The molecule has 0 bridgehead atoms. The smallest absolute Gasteiger partial charge is 0.232 e. The molecule has 0 saturated heterocycles. The minimum Gasteiger partial charge on any atom is -0.326 e. The lowest BCUT2D eigenvalue weighted by atomic mass is 10.00. The first-order chi connectivity index (χ1) is 15.7. The van der Waals surface area contributed by atoms with Crippen molar-refractivity contribution in [2.75, 3.05) is 16.4 Å². The van der Waals surface area contributed by atoms with Crippen molar-refractivity contribution < 1.29 is 18.0 Å². The molecule has 0 fully saturated rings. The summed E-state index contributed by atoms with van der Waals surface area (Å²) >= 11 is 3.44. The second-order valence-electron chi connectivity index (χ2n) is 8.07. The largest absolute Gasteiger partial charge is 0.326 e.